The first kappa shape index (κ1) is 23.5. The fourth-order valence-electron chi connectivity index (χ4n) is 3.25. The Bertz CT molecular complexity index is 826. The molecule has 4 atom stereocenters. The van der Waals surface area contributed by atoms with Crippen molar-refractivity contribution >= 4 is 11.7 Å². The number of esters is 1. The van der Waals surface area contributed by atoms with E-state index in [2.05, 4.69) is 18.9 Å². The summed E-state index contributed by atoms with van der Waals surface area (Å²) in [6.07, 6.45) is -0.337. The molecule has 2 N–H and O–H groups in total. The molecule has 0 saturated carbocycles. The number of aliphatic hydroxyl groups is 2. The lowest BCUT2D eigenvalue weighted by Gasteiger charge is -2.21. The maximum Gasteiger partial charge on any atom is 0.338 e. The fourth-order valence-corrected chi connectivity index (χ4v) is 3.25. The van der Waals surface area contributed by atoms with Crippen LogP contribution in [0.5, 0.6) is 0 Å². The summed E-state index contributed by atoms with van der Waals surface area (Å²) in [6.45, 7) is 9.04. The molecule has 0 bridgehead atoms. The summed E-state index contributed by atoms with van der Waals surface area (Å²) >= 11 is 0. The molecule has 1 fully saturated rings. The highest BCUT2D eigenvalue weighted by atomic mass is 16.6. The minimum atomic E-state index is -0.964. The van der Waals surface area contributed by atoms with E-state index in [-0.39, 0.29) is 24.0 Å². The molecule has 0 spiro atoms. The Labute approximate surface area is 175 Å². The van der Waals surface area contributed by atoms with E-state index in [0.717, 1.165) is 11.1 Å². The summed E-state index contributed by atoms with van der Waals surface area (Å²) < 4.78 is 11.4. The molecule has 0 amide bonds. The third kappa shape index (κ3) is 6.37. The molecule has 8 nitrogen and oxygen atoms in total. The van der Waals surface area contributed by atoms with E-state index >= 15 is 0 Å². The van der Waals surface area contributed by atoms with Gasteiger partial charge in [0, 0.05) is 18.6 Å². The van der Waals surface area contributed by atoms with E-state index < -0.39 is 29.2 Å². The van der Waals surface area contributed by atoms with Gasteiger partial charge in [0.15, 0.2) is 0 Å². The smallest absolute Gasteiger partial charge is 0.338 e. The monoisotopic (exact) mass is 417 g/mol. The molecule has 1 aliphatic heterocycles. The molecule has 0 radical (unpaired) electrons. The zero-order chi connectivity index (χ0) is 22.3. The first-order valence-corrected chi connectivity index (χ1v) is 9.68. The van der Waals surface area contributed by atoms with Crippen molar-refractivity contribution in [1.82, 2.24) is 0 Å². The van der Waals surface area contributed by atoms with Gasteiger partial charge in [0.05, 0.1) is 29.3 Å². The number of non-ortho nitro benzene ring substituents is 1. The summed E-state index contributed by atoms with van der Waals surface area (Å²) in [5.41, 5.74) is 4.55. The molecule has 162 valence electrons. The second-order valence-corrected chi connectivity index (χ2v) is 7.35. The van der Waals surface area contributed by atoms with E-state index in [1.165, 1.54) is 24.3 Å². The molecule has 30 heavy (non-hydrogen) atoms. The van der Waals surface area contributed by atoms with Gasteiger partial charge < -0.3 is 19.7 Å². The lowest BCUT2D eigenvalue weighted by molar-refractivity contribution is -0.384. The van der Waals surface area contributed by atoms with E-state index in [1.807, 2.05) is 6.92 Å². The third-order valence-electron chi connectivity index (χ3n) is 5.05. The van der Waals surface area contributed by atoms with Crippen molar-refractivity contribution in [2.24, 2.45) is 0 Å². The number of hydrogen-bond donors (Lipinski definition) is 2. The van der Waals surface area contributed by atoms with Gasteiger partial charge in [-0.05, 0) is 49.5 Å². The van der Waals surface area contributed by atoms with Crippen molar-refractivity contribution in [2.75, 3.05) is 6.61 Å². The number of benzene rings is 1. The Morgan fingerprint density at radius 1 is 1.43 bits per heavy atom. The maximum atomic E-state index is 12.5. The Kier molecular flexibility index (Phi) is 8.50. The summed E-state index contributed by atoms with van der Waals surface area (Å²) in [4.78, 5) is 22.7. The lowest BCUT2D eigenvalue weighted by atomic mass is 9.99. The Morgan fingerprint density at radius 2 is 2.10 bits per heavy atom. The second-order valence-electron chi connectivity index (χ2n) is 7.35. The zero-order valence-corrected chi connectivity index (χ0v) is 17.0. The van der Waals surface area contributed by atoms with Crippen molar-refractivity contribution in [1.29, 1.82) is 0 Å². The van der Waals surface area contributed by atoms with Gasteiger partial charge in [-0.3, -0.25) is 10.1 Å². The number of rotatable bonds is 10. The van der Waals surface area contributed by atoms with Crippen LogP contribution in [-0.4, -0.2) is 52.1 Å². The molecule has 1 saturated heterocycles. The fraction of sp³-hybridized carbons (Fsp3) is 0.455. The molecule has 2 rings (SSSR count). The van der Waals surface area contributed by atoms with Crippen molar-refractivity contribution in [3.63, 3.8) is 0 Å². The molecule has 0 aliphatic carbocycles. The number of hydrogen-bond acceptors (Lipinski definition) is 7. The predicted octanol–water partition coefficient (Wildman–Crippen LogP) is 3.09. The number of ether oxygens (including phenoxy) is 2. The van der Waals surface area contributed by atoms with Crippen LogP contribution in [0.15, 0.2) is 54.3 Å². The van der Waals surface area contributed by atoms with Crippen molar-refractivity contribution in [3.05, 3.63) is 70.0 Å². The van der Waals surface area contributed by atoms with Crippen LogP contribution in [0.2, 0.25) is 0 Å². The normalized spacial score (nSPS) is 20.3. The minimum Gasteiger partial charge on any atom is -0.458 e. The van der Waals surface area contributed by atoms with E-state index in [9.17, 15) is 20.0 Å². The zero-order valence-electron chi connectivity index (χ0n) is 17.0. The molecular formula is C22H27NO7. The van der Waals surface area contributed by atoms with Gasteiger partial charge in [-0.2, -0.15) is 0 Å². The molecule has 0 aromatic heterocycles. The topological polar surface area (TPSA) is 119 Å². The quantitative estimate of drug-likeness (QED) is 0.197. The number of aliphatic hydroxyl groups excluding tert-OH is 2. The third-order valence-corrected chi connectivity index (χ3v) is 5.05. The Balaban J connectivity index is 2.01. The Morgan fingerprint density at radius 3 is 2.67 bits per heavy atom. The predicted molar refractivity (Wildman–Crippen MR) is 110 cm³/mol. The highest BCUT2D eigenvalue weighted by molar-refractivity contribution is 5.89. The average Bonchev–Trinajstić information content (AvgIpc) is 3.11. The number of carbonyl (C=O) groups excluding carboxylic acids is 1. The van der Waals surface area contributed by atoms with Crippen LogP contribution in [0, 0.1) is 10.1 Å². The first-order chi connectivity index (χ1) is 14.2. The summed E-state index contributed by atoms with van der Waals surface area (Å²) in [6, 6.07) is 5.22. The number of nitro groups is 1. The molecule has 8 heteroatoms. The molecule has 1 heterocycles. The van der Waals surface area contributed by atoms with E-state index in [4.69, 9.17) is 14.6 Å². The van der Waals surface area contributed by atoms with Gasteiger partial charge in [0.2, 0.25) is 0 Å². The van der Waals surface area contributed by atoms with Crippen LogP contribution in [0.3, 0.4) is 0 Å². The summed E-state index contributed by atoms with van der Waals surface area (Å²) in [5, 5.41) is 29.6. The van der Waals surface area contributed by atoms with Gasteiger partial charge in [-0.1, -0.05) is 13.2 Å². The van der Waals surface area contributed by atoms with Crippen molar-refractivity contribution < 1.29 is 29.4 Å². The van der Waals surface area contributed by atoms with Gasteiger partial charge in [-0.25, -0.2) is 4.79 Å². The van der Waals surface area contributed by atoms with Gasteiger partial charge in [0.1, 0.15) is 12.2 Å². The molecule has 1 aromatic carbocycles. The summed E-state index contributed by atoms with van der Waals surface area (Å²) in [5.74, 6) is -0.577. The largest absolute Gasteiger partial charge is 0.458 e. The lowest BCUT2D eigenvalue weighted by Crippen LogP contribution is -2.29. The van der Waals surface area contributed by atoms with Crippen LogP contribution < -0.4 is 0 Å². The highest BCUT2D eigenvalue weighted by Crippen LogP contribution is 2.30. The maximum absolute atomic E-state index is 12.5. The number of nitro benzene ring substituents is 1. The van der Waals surface area contributed by atoms with Crippen LogP contribution in [0.1, 0.15) is 43.0 Å². The van der Waals surface area contributed by atoms with Crippen LogP contribution in [-0.2, 0) is 9.47 Å². The van der Waals surface area contributed by atoms with E-state index in [1.54, 1.807) is 0 Å². The average molecular weight is 417 g/mol. The van der Waals surface area contributed by atoms with Gasteiger partial charge >= 0.3 is 5.97 Å². The Hall–Kier alpha value is -2.77. The molecular weight excluding hydrogens is 390 g/mol. The van der Waals surface area contributed by atoms with Crippen LogP contribution in [0.25, 0.3) is 0 Å². The van der Waals surface area contributed by atoms with Crippen LogP contribution >= 0.6 is 0 Å². The molecule has 1 aromatic rings. The first-order valence-electron chi connectivity index (χ1n) is 9.68. The number of carbonyl (C=O) groups is 1. The molecule has 1 aliphatic rings. The van der Waals surface area contributed by atoms with Crippen molar-refractivity contribution in [3.8, 4) is 0 Å². The number of nitrogens with zero attached hydrogens (tertiary/aromatic N) is 1. The molecule has 2 unspecified atom stereocenters. The van der Waals surface area contributed by atoms with Crippen LogP contribution in [0.4, 0.5) is 5.69 Å². The van der Waals surface area contributed by atoms with E-state index in [0.29, 0.717) is 25.7 Å². The van der Waals surface area contributed by atoms with Gasteiger partial charge in [0.25, 0.3) is 5.69 Å². The highest BCUT2D eigenvalue weighted by Gasteiger charge is 2.33. The SMILES string of the molecule is C=C=C(C)CC(CC[C@@H]1O[C@@H](C(O)CO)CC1=C)OC(=O)c1ccc([N+](=O)[O-])cc1. The second kappa shape index (κ2) is 10.8. The standard InChI is InChI=1S/C22H27NO7/c1-4-14(2)11-18(9-10-20-15(3)12-21(30-20)19(25)13-24)29-22(26)16-5-7-17(8-6-16)23(27)28/h5-8,18-21,24-25H,1,3,9-13H2,2H3/t18?,19?,20-,21+/m0/s1. The van der Waals surface area contributed by atoms with Gasteiger partial charge in [-0.15, -0.1) is 5.73 Å². The summed E-state index contributed by atoms with van der Waals surface area (Å²) in [7, 11) is 0. The minimum absolute atomic E-state index is 0.106. The van der Waals surface area contributed by atoms with Crippen molar-refractivity contribution in [2.45, 2.75) is 57.0 Å².